The Balaban J connectivity index is 2.08. The number of hydrogen-bond donors (Lipinski definition) is 1. The Labute approximate surface area is 172 Å². The Bertz CT molecular complexity index is 864. The summed E-state index contributed by atoms with van der Waals surface area (Å²) in [4.78, 5) is 11.4. The summed E-state index contributed by atoms with van der Waals surface area (Å²) >= 11 is 5.85. The van der Waals surface area contributed by atoms with Crippen LogP contribution in [-0.4, -0.2) is 21.5 Å². The monoisotopic (exact) mass is 423 g/mol. The molecule has 28 heavy (non-hydrogen) atoms. The Kier molecular flexibility index (Phi) is 8.48. The molecule has 5 nitrogen and oxygen atoms in total. The molecule has 0 radical (unpaired) electrons. The minimum atomic E-state index is -3.64. The summed E-state index contributed by atoms with van der Waals surface area (Å²) in [6, 6.07) is 13.7. The summed E-state index contributed by atoms with van der Waals surface area (Å²) in [5, 5.41) is 0.492. The van der Waals surface area contributed by atoms with Crippen LogP contribution in [0.4, 0.5) is 0 Å². The largest absolute Gasteiger partial charge is 0.469 e. The van der Waals surface area contributed by atoms with Crippen LogP contribution in [0.2, 0.25) is 5.02 Å². The quantitative estimate of drug-likeness (QED) is 0.564. The van der Waals surface area contributed by atoms with Crippen molar-refractivity contribution in [3.05, 3.63) is 64.7 Å². The van der Waals surface area contributed by atoms with Gasteiger partial charge < -0.3 is 4.74 Å². The minimum absolute atomic E-state index is 0.192. The molecule has 0 saturated heterocycles. The van der Waals surface area contributed by atoms with E-state index in [1.807, 2.05) is 31.2 Å². The van der Waals surface area contributed by atoms with Gasteiger partial charge in [0.15, 0.2) is 0 Å². The van der Waals surface area contributed by atoms with E-state index < -0.39 is 10.0 Å². The molecule has 0 spiro atoms. The summed E-state index contributed by atoms with van der Waals surface area (Å²) in [6.07, 6.45) is 3.40. The first-order chi connectivity index (χ1) is 13.4. The Morgan fingerprint density at radius 3 is 2.32 bits per heavy atom. The van der Waals surface area contributed by atoms with Crippen molar-refractivity contribution in [2.75, 3.05) is 7.11 Å². The first kappa shape index (κ1) is 22.4. The van der Waals surface area contributed by atoms with Crippen molar-refractivity contribution in [2.45, 2.75) is 50.0 Å². The van der Waals surface area contributed by atoms with Crippen LogP contribution in [0.15, 0.2) is 53.4 Å². The lowest BCUT2D eigenvalue weighted by atomic mass is 10.00. The highest BCUT2D eigenvalue weighted by Crippen LogP contribution is 2.23. The number of halogens is 1. The highest BCUT2D eigenvalue weighted by Gasteiger charge is 2.21. The molecule has 152 valence electrons. The number of aryl methyl sites for hydroxylation is 1. The summed E-state index contributed by atoms with van der Waals surface area (Å²) in [5.74, 6) is -0.212. The Hall–Kier alpha value is -1.89. The number of hydrogen-bond acceptors (Lipinski definition) is 4. The molecule has 0 saturated carbocycles. The first-order valence-corrected chi connectivity index (χ1v) is 11.2. The number of methoxy groups -OCH3 is 1. The van der Waals surface area contributed by atoms with Gasteiger partial charge in [0.1, 0.15) is 0 Å². The lowest BCUT2D eigenvalue weighted by Crippen LogP contribution is -2.28. The number of benzene rings is 2. The molecular weight excluding hydrogens is 398 g/mol. The highest BCUT2D eigenvalue weighted by atomic mass is 35.5. The molecule has 0 bridgehead atoms. The van der Waals surface area contributed by atoms with E-state index >= 15 is 0 Å². The van der Waals surface area contributed by atoms with Crippen molar-refractivity contribution in [2.24, 2.45) is 0 Å². The maximum Gasteiger partial charge on any atom is 0.305 e. The summed E-state index contributed by atoms with van der Waals surface area (Å²) in [5.41, 5.74) is 2.01. The third kappa shape index (κ3) is 6.62. The van der Waals surface area contributed by atoms with Gasteiger partial charge in [-0.2, -0.15) is 0 Å². The van der Waals surface area contributed by atoms with Gasteiger partial charge in [0, 0.05) is 17.5 Å². The van der Waals surface area contributed by atoms with Gasteiger partial charge in [-0.05, 0) is 54.7 Å². The third-order valence-corrected chi connectivity index (χ3v) is 6.19. The van der Waals surface area contributed by atoms with E-state index in [2.05, 4.69) is 9.46 Å². The van der Waals surface area contributed by atoms with Crippen LogP contribution in [0.5, 0.6) is 0 Å². The average molecular weight is 424 g/mol. The standard InChI is InChI=1S/C21H26ClNO4S/c1-3-5-20(23-28(25,26)19-14-12-18(22)13-15-19)17-10-8-16(9-11-17)6-4-7-21(24)27-2/h8-15,20,23H,3-7H2,1-2H3. The molecule has 2 aromatic carbocycles. The molecular formula is C21H26ClNO4S. The number of rotatable bonds is 10. The van der Waals surface area contributed by atoms with Crippen LogP contribution in [0.3, 0.4) is 0 Å². The second-order valence-electron chi connectivity index (χ2n) is 6.59. The zero-order chi connectivity index (χ0) is 20.6. The van der Waals surface area contributed by atoms with Gasteiger partial charge in [-0.3, -0.25) is 4.79 Å². The van der Waals surface area contributed by atoms with Gasteiger partial charge in [0.05, 0.1) is 12.0 Å². The van der Waals surface area contributed by atoms with Crippen molar-refractivity contribution in [1.82, 2.24) is 4.72 Å². The molecule has 0 aromatic heterocycles. The van der Waals surface area contributed by atoms with Crippen LogP contribution >= 0.6 is 11.6 Å². The predicted octanol–water partition coefficient (Wildman–Crippen LogP) is 4.66. The Morgan fingerprint density at radius 1 is 1.11 bits per heavy atom. The van der Waals surface area contributed by atoms with E-state index in [0.29, 0.717) is 24.3 Å². The zero-order valence-corrected chi connectivity index (χ0v) is 17.7. The molecule has 1 unspecified atom stereocenters. The van der Waals surface area contributed by atoms with Gasteiger partial charge >= 0.3 is 5.97 Å². The van der Waals surface area contributed by atoms with E-state index in [1.165, 1.54) is 19.2 Å². The number of nitrogens with one attached hydrogen (secondary N) is 1. The van der Waals surface area contributed by atoms with Crippen molar-refractivity contribution >= 4 is 27.6 Å². The number of sulfonamides is 1. The molecule has 1 N–H and O–H groups in total. The van der Waals surface area contributed by atoms with Gasteiger partial charge in [0.2, 0.25) is 10.0 Å². The fourth-order valence-electron chi connectivity index (χ4n) is 2.91. The van der Waals surface area contributed by atoms with E-state index in [-0.39, 0.29) is 16.9 Å². The summed E-state index contributed by atoms with van der Waals surface area (Å²) < 4.78 is 32.9. The Morgan fingerprint density at radius 2 is 1.75 bits per heavy atom. The number of esters is 1. The van der Waals surface area contributed by atoms with Crippen molar-refractivity contribution in [1.29, 1.82) is 0 Å². The van der Waals surface area contributed by atoms with Crippen molar-refractivity contribution in [3.8, 4) is 0 Å². The molecule has 0 heterocycles. The molecule has 0 aliphatic heterocycles. The van der Waals surface area contributed by atoms with Crippen LogP contribution < -0.4 is 4.72 Å². The van der Waals surface area contributed by atoms with E-state index in [1.54, 1.807) is 12.1 Å². The van der Waals surface area contributed by atoms with Gasteiger partial charge in [-0.1, -0.05) is 49.2 Å². The molecule has 1 atom stereocenters. The maximum atomic E-state index is 12.7. The zero-order valence-electron chi connectivity index (χ0n) is 16.2. The van der Waals surface area contributed by atoms with Crippen molar-refractivity contribution < 1.29 is 17.9 Å². The molecule has 0 aliphatic carbocycles. The van der Waals surface area contributed by atoms with Crippen LogP contribution in [0, 0.1) is 0 Å². The second kappa shape index (κ2) is 10.6. The molecule has 0 aliphatic rings. The number of carbonyl (C=O) groups excluding carboxylic acids is 1. The molecule has 0 fully saturated rings. The molecule has 0 amide bonds. The van der Waals surface area contributed by atoms with E-state index in [9.17, 15) is 13.2 Å². The lowest BCUT2D eigenvalue weighted by molar-refractivity contribution is -0.140. The van der Waals surface area contributed by atoms with Gasteiger partial charge in [-0.25, -0.2) is 13.1 Å². The van der Waals surface area contributed by atoms with E-state index in [4.69, 9.17) is 11.6 Å². The summed E-state index contributed by atoms with van der Waals surface area (Å²) in [6.45, 7) is 2.02. The smallest absolute Gasteiger partial charge is 0.305 e. The number of ether oxygens (including phenoxy) is 1. The normalized spacial score (nSPS) is 12.5. The minimum Gasteiger partial charge on any atom is -0.469 e. The van der Waals surface area contributed by atoms with Gasteiger partial charge in [-0.15, -0.1) is 0 Å². The molecule has 2 aromatic rings. The SMILES string of the molecule is CCCC(NS(=O)(=O)c1ccc(Cl)cc1)c1ccc(CCCC(=O)OC)cc1. The van der Waals surface area contributed by atoms with Gasteiger partial charge in [0.25, 0.3) is 0 Å². The number of carbonyl (C=O) groups is 1. The van der Waals surface area contributed by atoms with Crippen molar-refractivity contribution in [3.63, 3.8) is 0 Å². The maximum absolute atomic E-state index is 12.7. The molecule has 7 heteroatoms. The van der Waals surface area contributed by atoms with Crippen LogP contribution in [0.1, 0.15) is 49.8 Å². The fraction of sp³-hybridized carbons (Fsp3) is 0.381. The third-order valence-electron chi connectivity index (χ3n) is 4.45. The second-order valence-corrected chi connectivity index (χ2v) is 8.74. The lowest BCUT2D eigenvalue weighted by Gasteiger charge is -2.19. The predicted molar refractivity (Wildman–Crippen MR) is 111 cm³/mol. The fourth-order valence-corrected chi connectivity index (χ4v) is 4.29. The molecule has 2 rings (SSSR count). The highest BCUT2D eigenvalue weighted by molar-refractivity contribution is 7.89. The summed E-state index contributed by atoms with van der Waals surface area (Å²) in [7, 11) is -2.26. The van der Waals surface area contributed by atoms with Crippen LogP contribution in [0.25, 0.3) is 0 Å². The van der Waals surface area contributed by atoms with Crippen LogP contribution in [-0.2, 0) is 26.0 Å². The van der Waals surface area contributed by atoms with E-state index in [0.717, 1.165) is 24.0 Å². The first-order valence-electron chi connectivity index (χ1n) is 9.29. The average Bonchev–Trinajstić information content (AvgIpc) is 2.68. The topological polar surface area (TPSA) is 72.5 Å².